The molecule has 5 rings (SSSR count). The fraction of sp³-hybridized carbons (Fsp3) is 0.333. The second-order valence-corrected chi connectivity index (χ2v) is 9.48. The maximum atomic E-state index is 13.8. The van der Waals surface area contributed by atoms with E-state index in [0.29, 0.717) is 26.2 Å². The van der Waals surface area contributed by atoms with Crippen molar-refractivity contribution in [1.82, 2.24) is 9.97 Å². The summed E-state index contributed by atoms with van der Waals surface area (Å²) < 4.78 is 13.8. The summed E-state index contributed by atoms with van der Waals surface area (Å²) in [6.07, 6.45) is 3.43. The standard InChI is InChI=1S/C27H25FN6O4/c28-16-7-5-15(6-8-16)19(20-22(35)17(13-29)24(31-26(20)37)33-9-1-2-10-33)21-23(36)18(14-30)25(32-27(21)38)34-11-3-4-12-34/h5-8,19H,1-4,9-12H2,(H2,31,35,37)(H2,32,36,38). The fourth-order valence-electron chi connectivity index (χ4n) is 5.42. The molecule has 4 heterocycles. The number of aromatic nitrogens is 2. The number of H-pyrrole nitrogens is 2. The highest BCUT2D eigenvalue weighted by Gasteiger charge is 2.34. The second-order valence-electron chi connectivity index (χ2n) is 9.48. The number of hydrogen-bond donors (Lipinski definition) is 4. The number of aromatic amines is 2. The Morgan fingerprint density at radius 1 is 0.763 bits per heavy atom. The van der Waals surface area contributed by atoms with Crippen LogP contribution in [-0.4, -0.2) is 46.4 Å². The molecule has 2 aliphatic heterocycles. The normalized spacial score (nSPS) is 15.2. The summed E-state index contributed by atoms with van der Waals surface area (Å²) >= 11 is 0. The van der Waals surface area contributed by atoms with Crippen LogP contribution in [0.5, 0.6) is 11.5 Å². The Hall–Kier alpha value is -4.77. The summed E-state index contributed by atoms with van der Waals surface area (Å²) in [5.74, 6) is -2.93. The molecule has 0 spiro atoms. The molecule has 2 aromatic heterocycles. The Morgan fingerprint density at radius 3 is 1.53 bits per heavy atom. The molecular formula is C27H25FN6O4. The molecule has 4 N–H and O–H groups in total. The van der Waals surface area contributed by atoms with Crippen LogP contribution in [0.1, 0.15) is 59.4 Å². The van der Waals surface area contributed by atoms with Crippen LogP contribution >= 0.6 is 0 Å². The van der Waals surface area contributed by atoms with Crippen LogP contribution in [0.2, 0.25) is 0 Å². The largest absolute Gasteiger partial charge is 0.506 e. The quantitative estimate of drug-likeness (QED) is 0.403. The van der Waals surface area contributed by atoms with Crippen LogP contribution in [0.4, 0.5) is 16.0 Å². The molecule has 3 aromatic rings. The monoisotopic (exact) mass is 516 g/mol. The van der Waals surface area contributed by atoms with Gasteiger partial charge in [0.05, 0.1) is 17.0 Å². The van der Waals surface area contributed by atoms with Gasteiger partial charge in [0.1, 0.15) is 52.2 Å². The maximum absolute atomic E-state index is 13.8. The van der Waals surface area contributed by atoms with Gasteiger partial charge in [-0.15, -0.1) is 0 Å². The maximum Gasteiger partial charge on any atom is 0.257 e. The van der Waals surface area contributed by atoms with Gasteiger partial charge < -0.3 is 30.0 Å². The van der Waals surface area contributed by atoms with Crippen molar-refractivity contribution in [1.29, 1.82) is 10.5 Å². The van der Waals surface area contributed by atoms with Gasteiger partial charge in [-0.1, -0.05) is 12.1 Å². The van der Waals surface area contributed by atoms with E-state index < -0.39 is 34.4 Å². The van der Waals surface area contributed by atoms with Crippen LogP contribution in [0, 0.1) is 28.5 Å². The topological polar surface area (TPSA) is 160 Å². The average molecular weight is 517 g/mol. The van der Waals surface area contributed by atoms with Crippen LogP contribution in [0.25, 0.3) is 0 Å². The van der Waals surface area contributed by atoms with E-state index in [1.807, 2.05) is 12.1 Å². The molecule has 0 aliphatic carbocycles. The van der Waals surface area contributed by atoms with Gasteiger partial charge in [-0.05, 0) is 43.4 Å². The first-order chi connectivity index (χ1) is 18.3. The van der Waals surface area contributed by atoms with Gasteiger partial charge in [0.2, 0.25) is 0 Å². The Bertz CT molecular complexity index is 1490. The fourth-order valence-corrected chi connectivity index (χ4v) is 5.42. The third kappa shape index (κ3) is 4.12. The number of anilines is 2. The molecule has 2 saturated heterocycles. The van der Waals surface area contributed by atoms with Crippen molar-refractivity contribution in [2.75, 3.05) is 36.0 Å². The van der Waals surface area contributed by atoms with E-state index in [0.717, 1.165) is 37.8 Å². The third-order valence-corrected chi connectivity index (χ3v) is 7.26. The van der Waals surface area contributed by atoms with E-state index in [1.165, 1.54) is 12.1 Å². The van der Waals surface area contributed by atoms with Crippen LogP contribution < -0.4 is 20.9 Å². The van der Waals surface area contributed by atoms with Crippen molar-refractivity contribution >= 4 is 11.6 Å². The summed E-state index contributed by atoms with van der Waals surface area (Å²) in [6, 6.07) is 8.76. The zero-order chi connectivity index (χ0) is 27.0. The number of rotatable bonds is 5. The smallest absolute Gasteiger partial charge is 0.257 e. The van der Waals surface area contributed by atoms with Gasteiger partial charge in [-0.25, -0.2) is 4.39 Å². The molecule has 0 bridgehead atoms. The van der Waals surface area contributed by atoms with Crippen LogP contribution in [0.3, 0.4) is 0 Å². The van der Waals surface area contributed by atoms with E-state index in [4.69, 9.17) is 0 Å². The van der Waals surface area contributed by atoms with Crippen molar-refractivity contribution in [3.05, 3.63) is 78.6 Å². The molecule has 0 radical (unpaired) electrons. The molecular weight excluding hydrogens is 491 g/mol. The van der Waals surface area contributed by atoms with Gasteiger partial charge in [0, 0.05) is 26.2 Å². The van der Waals surface area contributed by atoms with E-state index >= 15 is 0 Å². The molecule has 0 unspecified atom stereocenters. The second kappa shape index (κ2) is 9.94. The number of benzene rings is 1. The first-order valence-corrected chi connectivity index (χ1v) is 12.4. The Balaban J connectivity index is 1.79. The number of aromatic hydroxyl groups is 2. The predicted octanol–water partition coefficient (Wildman–Crippen LogP) is 2.74. The van der Waals surface area contributed by atoms with Gasteiger partial charge in [-0.2, -0.15) is 10.5 Å². The summed E-state index contributed by atoms with van der Waals surface area (Å²) in [5, 5.41) is 42.4. The number of nitrogens with one attached hydrogen (secondary N) is 2. The number of pyridine rings is 2. The van der Waals surface area contributed by atoms with Crippen LogP contribution in [0.15, 0.2) is 33.9 Å². The Morgan fingerprint density at radius 2 is 1.16 bits per heavy atom. The minimum atomic E-state index is -1.41. The Kier molecular flexibility index (Phi) is 6.52. The van der Waals surface area contributed by atoms with E-state index in [1.54, 1.807) is 9.80 Å². The minimum Gasteiger partial charge on any atom is -0.506 e. The lowest BCUT2D eigenvalue weighted by atomic mass is 9.84. The van der Waals surface area contributed by atoms with Gasteiger partial charge in [0.25, 0.3) is 11.1 Å². The van der Waals surface area contributed by atoms with Crippen LogP contribution in [-0.2, 0) is 0 Å². The zero-order valence-electron chi connectivity index (χ0n) is 20.4. The van der Waals surface area contributed by atoms with Gasteiger partial charge in [0.15, 0.2) is 0 Å². The lowest BCUT2D eigenvalue weighted by molar-refractivity contribution is 0.453. The molecule has 11 heteroatoms. The molecule has 10 nitrogen and oxygen atoms in total. The van der Waals surface area contributed by atoms with E-state index in [-0.39, 0.29) is 39.5 Å². The number of nitriles is 2. The van der Waals surface area contributed by atoms with Crippen molar-refractivity contribution in [2.24, 2.45) is 0 Å². The zero-order valence-corrected chi connectivity index (χ0v) is 20.4. The summed E-state index contributed by atoms with van der Waals surface area (Å²) in [7, 11) is 0. The summed E-state index contributed by atoms with van der Waals surface area (Å²) in [5.41, 5.74) is -2.46. The highest BCUT2D eigenvalue weighted by atomic mass is 19.1. The number of halogens is 1. The molecule has 0 amide bonds. The first-order valence-electron chi connectivity index (χ1n) is 12.4. The Labute approximate surface area is 216 Å². The summed E-state index contributed by atoms with van der Waals surface area (Å²) in [6.45, 7) is 2.37. The van der Waals surface area contributed by atoms with Crippen molar-refractivity contribution in [3.63, 3.8) is 0 Å². The SMILES string of the molecule is N#Cc1c(N2CCCC2)[nH]c(=O)c(C(c2ccc(F)cc2)c2c(O)c(C#N)c(N3CCCC3)[nH]c2=O)c1O. The van der Waals surface area contributed by atoms with E-state index in [9.17, 15) is 34.7 Å². The third-order valence-electron chi connectivity index (χ3n) is 7.26. The first kappa shape index (κ1) is 24.9. The summed E-state index contributed by atoms with van der Waals surface area (Å²) in [4.78, 5) is 35.9. The van der Waals surface area contributed by atoms with Gasteiger partial charge in [-0.3, -0.25) is 9.59 Å². The lowest BCUT2D eigenvalue weighted by Gasteiger charge is -2.25. The minimum absolute atomic E-state index is 0.175. The van der Waals surface area contributed by atoms with E-state index in [2.05, 4.69) is 9.97 Å². The van der Waals surface area contributed by atoms with Crippen molar-refractivity contribution < 1.29 is 14.6 Å². The predicted molar refractivity (Wildman–Crippen MR) is 137 cm³/mol. The highest BCUT2D eigenvalue weighted by Crippen LogP contribution is 2.42. The molecule has 0 saturated carbocycles. The van der Waals surface area contributed by atoms with Crippen molar-refractivity contribution in [2.45, 2.75) is 31.6 Å². The number of nitrogens with zero attached hydrogens (tertiary/aromatic N) is 4. The molecule has 2 aliphatic rings. The number of hydrogen-bond acceptors (Lipinski definition) is 8. The van der Waals surface area contributed by atoms with Crippen molar-refractivity contribution in [3.8, 4) is 23.6 Å². The molecule has 38 heavy (non-hydrogen) atoms. The molecule has 0 atom stereocenters. The van der Waals surface area contributed by atoms with Gasteiger partial charge >= 0.3 is 0 Å². The molecule has 194 valence electrons. The average Bonchev–Trinajstić information content (AvgIpc) is 3.63. The lowest BCUT2D eigenvalue weighted by Crippen LogP contribution is -2.30. The molecule has 2 fully saturated rings. The highest BCUT2D eigenvalue weighted by molar-refractivity contribution is 5.68. The molecule has 1 aromatic carbocycles.